The summed E-state index contributed by atoms with van der Waals surface area (Å²) in [5.41, 5.74) is 5.20. The third-order valence-corrected chi connectivity index (χ3v) is 2.07. The maximum atomic E-state index is 13.4. The summed E-state index contributed by atoms with van der Waals surface area (Å²) in [7, 11) is 1.68. The first kappa shape index (κ1) is 11.7. The van der Waals surface area contributed by atoms with Crippen LogP contribution in [0.15, 0.2) is 12.3 Å². The van der Waals surface area contributed by atoms with E-state index in [1.165, 1.54) is 12.3 Å². The molecular formula is C9H12ClFN4. The number of hydrogen-bond donors (Lipinski definition) is 2. The molecule has 0 spiro atoms. The Morgan fingerprint density at radius 3 is 2.93 bits per heavy atom. The number of rotatable bonds is 4. The van der Waals surface area contributed by atoms with Crippen LogP contribution in [-0.2, 0) is 0 Å². The Kier molecular flexibility index (Phi) is 3.85. The number of amidine groups is 1. The van der Waals surface area contributed by atoms with Crippen LogP contribution in [0.1, 0.15) is 6.42 Å². The van der Waals surface area contributed by atoms with E-state index in [0.29, 0.717) is 13.0 Å². The monoisotopic (exact) mass is 230 g/mol. The summed E-state index contributed by atoms with van der Waals surface area (Å²) in [5.74, 6) is -0.203. The third kappa shape index (κ3) is 3.36. The van der Waals surface area contributed by atoms with Crippen molar-refractivity contribution in [2.75, 3.05) is 18.5 Å². The summed E-state index contributed by atoms with van der Waals surface area (Å²) in [6.45, 7) is 0.445. The van der Waals surface area contributed by atoms with Gasteiger partial charge in [-0.2, -0.15) is 0 Å². The van der Waals surface area contributed by atoms with E-state index in [0.717, 1.165) is 0 Å². The molecule has 4 nitrogen and oxygen atoms in total. The molecule has 0 aliphatic heterocycles. The van der Waals surface area contributed by atoms with Crippen LogP contribution in [0.2, 0.25) is 5.02 Å². The fourth-order valence-corrected chi connectivity index (χ4v) is 1.23. The lowest BCUT2D eigenvalue weighted by atomic mass is 10.3. The van der Waals surface area contributed by atoms with E-state index in [-0.39, 0.29) is 16.7 Å². The molecule has 0 saturated heterocycles. The minimum absolute atomic E-state index is 0.0659. The van der Waals surface area contributed by atoms with Crippen LogP contribution in [-0.4, -0.2) is 24.4 Å². The van der Waals surface area contributed by atoms with Crippen molar-refractivity contribution in [3.8, 4) is 0 Å². The number of nitrogens with zero attached hydrogens (tertiary/aromatic N) is 2. The zero-order valence-corrected chi connectivity index (χ0v) is 9.05. The molecule has 0 aromatic carbocycles. The fraction of sp³-hybridized carbons (Fsp3) is 0.333. The molecular weight excluding hydrogens is 219 g/mol. The van der Waals surface area contributed by atoms with E-state index < -0.39 is 5.82 Å². The molecule has 0 saturated carbocycles. The largest absolute Gasteiger partial charge is 0.388 e. The molecule has 0 aliphatic rings. The Balaban J connectivity index is 2.73. The Bertz CT molecular complexity index is 369. The summed E-state index contributed by atoms with van der Waals surface area (Å²) in [6.07, 6.45) is 1.75. The van der Waals surface area contributed by atoms with E-state index in [1.54, 1.807) is 11.9 Å². The number of anilines is 1. The van der Waals surface area contributed by atoms with Crippen molar-refractivity contribution >= 4 is 23.3 Å². The number of nitrogens with one attached hydrogen (secondary N) is 1. The van der Waals surface area contributed by atoms with Crippen LogP contribution in [0.3, 0.4) is 0 Å². The fourth-order valence-electron chi connectivity index (χ4n) is 1.08. The zero-order chi connectivity index (χ0) is 11.4. The Morgan fingerprint density at radius 1 is 1.73 bits per heavy atom. The predicted molar refractivity (Wildman–Crippen MR) is 59.0 cm³/mol. The van der Waals surface area contributed by atoms with Gasteiger partial charge < -0.3 is 10.6 Å². The molecule has 82 valence electrons. The number of halogens is 2. The molecule has 1 aromatic rings. The van der Waals surface area contributed by atoms with E-state index in [4.69, 9.17) is 22.7 Å². The standard InChI is InChI=1S/C9H12ClFN4/c1-15(3-2-8(12)13)9-7(11)4-6(10)5-14-9/h4-5H,2-3H2,1H3,(H3,12,13). The van der Waals surface area contributed by atoms with Crippen molar-refractivity contribution in [1.29, 1.82) is 5.41 Å². The maximum absolute atomic E-state index is 13.4. The maximum Gasteiger partial charge on any atom is 0.167 e. The minimum Gasteiger partial charge on any atom is -0.388 e. The molecule has 0 unspecified atom stereocenters. The lowest BCUT2D eigenvalue weighted by Crippen LogP contribution is -2.25. The first-order valence-electron chi connectivity index (χ1n) is 4.36. The normalized spacial score (nSPS) is 10.1. The highest BCUT2D eigenvalue weighted by Gasteiger charge is 2.09. The summed E-state index contributed by atoms with van der Waals surface area (Å²) < 4.78 is 13.4. The highest BCUT2D eigenvalue weighted by atomic mass is 35.5. The Hall–Kier alpha value is -1.36. The molecule has 1 heterocycles. The zero-order valence-electron chi connectivity index (χ0n) is 8.30. The second-order valence-electron chi connectivity index (χ2n) is 3.16. The van der Waals surface area contributed by atoms with E-state index in [9.17, 15) is 4.39 Å². The van der Waals surface area contributed by atoms with Crippen molar-refractivity contribution in [3.63, 3.8) is 0 Å². The molecule has 1 rings (SSSR count). The third-order valence-electron chi connectivity index (χ3n) is 1.87. The summed E-state index contributed by atoms with van der Waals surface area (Å²) in [5, 5.41) is 7.31. The van der Waals surface area contributed by atoms with Crippen molar-refractivity contribution in [2.24, 2.45) is 5.73 Å². The average molecular weight is 231 g/mol. The van der Waals surface area contributed by atoms with Gasteiger partial charge in [0.1, 0.15) is 0 Å². The molecule has 1 aromatic heterocycles. The highest BCUT2D eigenvalue weighted by molar-refractivity contribution is 6.30. The van der Waals surface area contributed by atoms with Gasteiger partial charge in [0.05, 0.1) is 10.9 Å². The van der Waals surface area contributed by atoms with Crippen LogP contribution in [0.4, 0.5) is 10.2 Å². The van der Waals surface area contributed by atoms with Gasteiger partial charge in [0.2, 0.25) is 0 Å². The highest BCUT2D eigenvalue weighted by Crippen LogP contribution is 2.18. The molecule has 0 atom stereocenters. The van der Waals surface area contributed by atoms with Crippen molar-refractivity contribution in [3.05, 3.63) is 23.1 Å². The van der Waals surface area contributed by atoms with Gasteiger partial charge in [-0.25, -0.2) is 9.37 Å². The number of hydrogen-bond acceptors (Lipinski definition) is 3. The Labute approximate surface area is 92.4 Å². The number of nitrogens with two attached hydrogens (primary N) is 1. The second kappa shape index (κ2) is 4.93. The molecule has 0 amide bonds. The first-order chi connectivity index (χ1) is 7.00. The van der Waals surface area contributed by atoms with Crippen LogP contribution in [0, 0.1) is 11.2 Å². The van der Waals surface area contributed by atoms with E-state index in [1.807, 2.05) is 0 Å². The van der Waals surface area contributed by atoms with Gasteiger partial charge in [-0.15, -0.1) is 0 Å². The summed E-state index contributed by atoms with van der Waals surface area (Å²) in [6, 6.07) is 1.20. The molecule has 0 aliphatic carbocycles. The lowest BCUT2D eigenvalue weighted by Gasteiger charge is -2.18. The lowest BCUT2D eigenvalue weighted by molar-refractivity contribution is 0.615. The van der Waals surface area contributed by atoms with Crippen molar-refractivity contribution < 1.29 is 4.39 Å². The smallest absolute Gasteiger partial charge is 0.167 e. The minimum atomic E-state index is -0.478. The molecule has 3 N–H and O–H groups in total. The number of aromatic nitrogens is 1. The molecule has 0 bridgehead atoms. The van der Waals surface area contributed by atoms with Gasteiger partial charge in [0, 0.05) is 26.2 Å². The Morgan fingerprint density at radius 2 is 2.40 bits per heavy atom. The van der Waals surface area contributed by atoms with Crippen LogP contribution in [0.25, 0.3) is 0 Å². The average Bonchev–Trinajstić information content (AvgIpc) is 2.14. The van der Waals surface area contributed by atoms with Crippen LogP contribution >= 0.6 is 11.6 Å². The van der Waals surface area contributed by atoms with E-state index in [2.05, 4.69) is 4.98 Å². The molecule has 6 heteroatoms. The van der Waals surface area contributed by atoms with Crippen LogP contribution < -0.4 is 10.6 Å². The van der Waals surface area contributed by atoms with Crippen molar-refractivity contribution in [1.82, 2.24) is 4.98 Å². The molecule has 15 heavy (non-hydrogen) atoms. The number of pyridine rings is 1. The van der Waals surface area contributed by atoms with Gasteiger partial charge in [0.15, 0.2) is 11.6 Å². The molecule has 0 radical (unpaired) electrons. The topological polar surface area (TPSA) is 66.0 Å². The summed E-state index contributed by atoms with van der Waals surface area (Å²) in [4.78, 5) is 5.45. The van der Waals surface area contributed by atoms with Gasteiger partial charge >= 0.3 is 0 Å². The SMILES string of the molecule is CN(CCC(=N)N)c1ncc(Cl)cc1F. The summed E-state index contributed by atoms with van der Waals surface area (Å²) >= 11 is 5.57. The van der Waals surface area contributed by atoms with Gasteiger partial charge in [-0.05, 0) is 6.07 Å². The second-order valence-corrected chi connectivity index (χ2v) is 3.59. The quantitative estimate of drug-likeness (QED) is 0.610. The predicted octanol–water partition coefficient (Wildman–Crippen LogP) is 1.64. The van der Waals surface area contributed by atoms with Gasteiger partial charge in [0.25, 0.3) is 0 Å². The van der Waals surface area contributed by atoms with Gasteiger partial charge in [-0.1, -0.05) is 11.6 Å². The van der Waals surface area contributed by atoms with Crippen LogP contribution in [0.5, 0.6) is 0 Å². The first-order valence-corrected chi connectivity index (χ1v) is 4.73. The molecule has 0 fully saturated rings. The van der Waals surface area contributed by atoms with E-state index >= 15 is 0 Å². The van der Waals surface area contributed by atoms with Gasteiger partial charge in [-0.3, -0.25) is 5.41 Å². The van der Waals surface area contributed by atoms with Crippen molar-refractivity contribution in [2.45, 2.75) is 6.42 Å².